The van der Waals surface area contributed by atoms with E-state index in [-0.39, 0.29) is 24.0 Å². The second-order valence-electron chi connectivity index (χ2n) is 6.24. The zero-order chi connectivity index (χ0) is 16.0. The Morgan fingerprint density at radius 3 is 2.57 bits per heavy atom. The lowest BCUT2D eigenvalue weighted by Crippen LogP contribution is -2.36. The maximum Gasteiger partial charge on any atom is 0.253 e. The molecule has 1 amide bonds. The minimum atomic E-state index is -0.128. The molecule has 1 atom stereocenters. The summed E-state index contributed by atoms with van der Waals surface area (Å²) in [6, 6.07) is 5.24. The number of benzene rings is 1. The first-order valence-corrected chi connectivity index (χ1v) is 7.34. The number of nitrogens with one attached hydrogen (secondary N) is 2. The van der Waals surface area contributed by atoms with Gasteiger partial charge in [-0.1, -0.05) is 20.8 Å². The highest BCUT2D eigenvalue weighted by molar-refractivity contribution is 6.00. The maximum absolute atomic E-state index is 12.1. The Kier molecular flexibility index (Phi) is 6.03. The first-order chi connectivity index (χ1) is 9.79. The van der Waals surface area contributed by atoms with Crippen LogP contribution in [0.15, 0.2) is 18.2 Å². The van der Waals surface area contributed by atoms with Gasteiger partial charge in [0.15, 0.2) is 0 Å². The van der Waals surface area contributed by atoms with Gasteiger partial charge in [-0.3, -0.25) is 4.79 Å². The van der Waals surface area contributed by atoms with Crippen molar-refractivity contribution >= 4 is 17.3 Å². The second-order valence-corrected chi connectivity index (χ2v) is 6.24. The van der Waals surface area contributed by atoms with Crippen LogP contribution < -0.4 is 16.4 Å². The number of carbonyl (C=O) groups excluding carboxylic acids is 1. The average molecular weight is 293 g/mol. The highest BCUT2D eigenvalue weighted by atomic mass is 16.3. The Morgan fingerprint density at radius 2 is 2.05 bits per heavy atom. The van der Waals surface area contributed by atoms with Crippen molar-refractivity contribution in [1.29, 1.82) is 0 Å². The summed E-state index contributed by atoms with van der Waals surface area (Å²) in [5.74, 6) is -0.128. The van der Waals surface area contributed by atoms with Crippen molar-refractivity contribution in [3.8, 4) is 0 Å². The lowest BCUT2D eigenvalue weighted by atomic mass is 9.84. The molecule has 118 valence electrons. The Bertz CT molecular complexity index is 481. The third-order valence-corrected chi connectivity index (χ3v) is 3.42. The second kappa shape index (κ2) is 7.31. The van der Waals surface area contributed by atoms with Crippen molar-refractivity contribution in [3.63, 3.8) is 0 Å². The van der Waals surface area contributed by atoms with Gasteiger partial charge in [0.1, 0.15) is 0 Å². The molecule has 1 aromatic rings. The van der Waals surface area contributed by atoms with Crippen molar-refractivity contribution < 1.29 is 9.90 Å². The molecule has 21 heavy (non-hydrogen) atoms. The number of hydrogen-bond acceptors (Lipinski definition) is 4. The summed E-state index contributed by atoms with van der Waals surface area (Å²) in [5.41, 5.74) is 7.66. The van der Waals surface area contributed by atoms with Crippen molar-refractivity contribution in [2.24, 2.45) is 5.41 Å². The summed E-state index contributed by atoms with van der Waals surface area (Å²) in [7, 11) is 0. The molecule has 5 N–H and O–H groups in total. The predicted octanol–water partition coefficient (Wildman–Crippen LogP) is 2.23. The lowest BCUT2D eigenvalue weighted by Gasteiger charge is -2.32. The summed E-state index contributed by atoms with van der Waals surface area (Å²) >= 11 is 0. The summed E-state index contributed by atoms with van der Waals surface area (Å²) in [4.78, 5) is 12.1. The molecule has 0 heterocycles. The molecular weight excluding hydrogens is 266 g/mol. The van der Waals surface area contributed by atoms with Crippen LogP contribution >= 0.6 is 0 Å². The van der Waals surface area contributed by atoms with Gasteiger partial charge < -0.3 is 21.5 Å². The van der Waals surface area contributed by atoms with E-state index in [9.17, 15) is 9.90 Å². The topological polar surface area (TPSA) is 87.4 Å². The van der Waals surface area contributed by atoms with E-state index in [2.05, 4.69) is 31.4 Å². The van der Waals surface area contributed by atoms with E-state index in [0.717, 1.165) is 0 Å². The lowest BCUT2D eigenvalue weighted by molar-refractivity contribution is 0.0956. The van der Waals surface area contributed by atoms with Gasteiger partial charge in [0.25, 0.3) is 5.91 Å². The Morgan fingerprint density at radius 1 is 1.38 bits per heavy atom. The number of rotatable bonds is 6. The molecule has 0 radical (unpaired) electrons. The molecule has 1 unspecified atom stereocenters. The highest BCUT2D eigenvalue weighted by Crippen LogP contribution is 2.28. The van der Waals surface area contributed by atoms with Crippen LogP contribution in [0.2, 0.25) is 0 Å². The molecule has 0 aromatic heterocycles. The van der Waals surface area contributed by atoms with Gasteiger partial charge in [0.2, 0.25) is 0 Å². The third kappa shape index (κ3) is 4.93. The standard InChI is InChI=1S/C16H27N3O2/c1-5-18-15(21)12-7-6-11(17)10-13(12)19-14(8-9-20)16(2,3)4/h6-7,10,14,19-20H,5,8-9,17H2,1-4H3,(H,18,21). The fourth-order valence-corrected chi connectivity index (χ4v) is 2.17. The SMILES string of the molecule is CCNC(=O)c1ccc(N)cc1NC(CCO)C(C)(C)C. The number of amides is 1. The first-order valence-electron chi connectivity index (χ1n) is 7.34. The quantitative estimate of drug-likeness (QED) is 0.606. The molecule has 0 aliphatic carbocycles. The van der Waals surface area contributed by atoms with Gasteiger partial charge in [-0.25, -0.2) is 0 Å². The van der Waals surface area contributed by atoms with E-state index < -0.39 is 0 Å². The molecule has 0 saturated carbocycles. The number of aliphatic hydroxyl groups is 1. The van der Waals surface area contributed by atoms with Crippen LogP contribution in [0.4, 0.5) is 11.4 Å². The number of anilines is 2. The van der Waals surface area contributed by atoms with E-state index in [4.69, 9.17) is 5.73 Å². The van der Waals surface area contributed by atoms with Crippen LogP contribution in [-0.2, 0) is 0 Å². The van der Waals surface area contributed by atoms with Gasteiger partial charge in [-0.15, -0.1) is 0 Å². The van der Waals surface area contributed by atoms with E-state index in [1.807, 2.05) is 6.92 Å². The minimum Gasteiger partial charge on any atom is -0.399 e. The molecule has 0 aliphatic rings. The predicted molar refractivity (Wildman–Crippen MR) is 87.4 cm³/mol. The zero-order valence-corrected chi connectivity index (χ0v) is 13.4. The molecule has 5 nitrogen and oxygen atoms in total. The van der Waals surface area contributed by atoms with Crippen LogP contribution in [0.25, 0.3) is 0 Å². The van der Waals surface area contributed by atoms with Crippen LogP contribution in [-0.4, -0.2) is 30.2 Å². The largest absolute Gasteiger partial charge is 0.399 e. The number of nitrogens with two attached hydrogens (primary N) is 1. The van der Waals surface area contributed by atoms with Crippen molar-refractivity contribution in [2.75, 3.05) is 24.2 Å². The van der Waals surface area contributed by atoms with Crippen LogP contribution in [0.1, 0.15) is 44.5 Å². The fourth-order valence-electron chi connectivity index (χ4n) is 2.17. The normalized spacial score (nSPS) is 12.8. The number of carbonyl (C=O) groups is 1. The first kappa shape index (κ1) is 17.3. The van der Waals surface area contributed by atoms with E-state index in [1.165, 1.54) is 0 Å². The Balaban J connectivity index is 3.09. The summed E-state index contributed by atoms with van der Waals surface area (Å²) in [5, 5.41) is 15.4. The van der Waals surface area contributed by atoms with Crippen molar-refractivity contribution in [2.45, 2.75) is 40.2 Å². The zero-order valence-electron chi connectivity index (χ0n) is 13.4. The Hall–Kier alpha value is -1.75. The fraction of sp³-hybridized carbons (Fsp3) is 0.562. The number of hydrogen-bond donors (Lipinski definition) is 4. The van der Waals surface area contributed by atoms with Crippen LogP contribution in [0, 0.1) is 5.41 Å². The van der Waals surface area contributed by atoms with Crippen molar-refractivity contribution in [3.05, 3.63) is 23.8 Å². The number of nitrogen functional groups attached to an aromatic ring is 1. The van der Waals surface area contributed by atoms with E-state index in [1.54, 1.807) is 18.2 Å². The van der Waals surface area contributed by atoms with Gasteiger partial charge in [-0.05, 0) is 37.0 Å². The highest BCUT2D eigenvalue weighted by Gasteiger charge is 2.25. The smallest absolute Gasteiger partial charge is 0.253 e. The summed E-state index contributed by atoms with van der Waals surface area (Å²) in [6.45, 7) is 8.83. The molecule has 1 rings (SSSR count). The summed E-state index contributed by atoms with van der Waals surface area (Å²) in [6.07, 6.45) is 0.604. The molecule has 5 heteroatoms. The van der Waals surface area contributed by atoms with Gasteiger partial charge in [0, 0.05) is 30.6 Å². The van der Waals surface area contributed by atoms with Gasteiger partial charge in [-0.2, -0.15) is 0 Å². The van der Waals surface area contributed by atoms with E-state index in [0.29, 0.717) is 29.9 Å². The molecular formula is C16H27N3O2. The molecule has 0 fully saturated rings. The molecule has 0 spiro atoms. The minimum absolute atomic E-state index is 0.0393. The molecule has 0 bridgehead atoms. The maximum atomic E-state index is 12.1. The van der Waals surface area contributed by atoms with Crippen LogP contribution in [0.5, 0.6) is 0 Å². The van der Waals surface area contributed by atoms with Crippen molar-refractivity contribution in [1.82, 2.24) is 5.32 Å². The number of aliphatic hydroxyl groups excluding tert-OH is 1. The molecule has 0 saturated heterocycles. The Labute approximate surface area is 126 Å². The molecule has 0 aliphatic heterocycles. The van der Waals surface area contributed by atoms with Crippen LogP contribution in [0.3, 0.4) is 0 Å². The van der Waals surface area contributed by atoms with E-state index >= 15 is 0 Å². The van der Waals surface area contributed by atoms with Gasteiger partial charge >= 0.3 is 0 Å². The molecule has 1 aromatic carbocycles. The van der Waals surface area contributed by atoms with Gasteiger partial charge in [0.05, 0.1) is 5.56 Å². The summed E-state index contributed by atoms with van der Waals surface area (Å²) < 4.78 is 0. The average Bonchev–Trinajstić information content (AvgIpc) is 2.37. The monoisotopic (exact) mass is 293 g/mol. The third-order valence-electron chi connectivity index (χ3n) is 3.42.